The Bertz CT molecular complexity index is 466. The summed E-state index contributed by atoms with van der Waals surface area (Å²) in [5, 5.41) is 6.34. The van der Waals surface area contributed by atoms with Crippen molar-refractivity contribution in [2.45, 2.75) is 33.1 Å². The van der Waals surface area contributed by atoms with E-state index < -0.39 is 0 Å². The van der Waals surface area contributed by atoms with Crippen molar-refractivity contribution in [3.63, 3.8) is 0 Å². The van der Waals surface area contributed by atoms with E-state index in [0.29, 0.717) is 12.5 Å². The molecule has 2 rings (SSSR count). The summed E-state index contributed by atoms with van der Waals surface area (Å²) in [6.45, 7) is 11.1. The third-order valence-corrected chi connectivity index (χ3v) is 4.47. The van der Waals surface area contributed by atoms with Crippen LogP contribution in [0.25, 0.3) is 0 Å². The minimum Gasteiger partial charge on any atom is -0.355 e. The molecule has 1 atom stereocenters. The van der Waals surface area contributed by atoms with E-state index in [2.05, 4.69) is 55.7 Å². The lowest BCUT2D eigenvalue weighted by Crippen LogP contribution is -2.50. The van der Waals surface area contributed by atoms with Gasteiger partial charge in [0.1, 0.15) is 0 Å². The average molecular weight is 311 g/mol. The number of carbonyl (C=O) groups excluding carboxylic acids is 1. The Morgan fingerprint density at radius 2 is 1.90 bits per heavy atom. The van der Waals surface area contributed by atoms with Gasteiger partial charge in [0, 0.05) is 17.9 Å². The number of carbonyl (C=O) groups is 1. The molecule has 0 aliphatic carbocycles. The molecule has 0 saturated carbocycles. The van der Waals surface area contributed by atoms with Gasteiger partial charge in [0.15, 0.2) is 0 Å². The SMILES string of the molecule is Cc1ccc(C(C)(C)CNC(=O)C(C)C2CNC2)cc1.Cl. The van der Waals surface area contributed by atoms with E-state index in [1.807, 2.05) is 6.92 Å². The van der Waals surface area contributed by atoms with E-state index in [-0.39, 0.29) is 29.6 Å². The first-order valence-corrected chi connectivity index (χ1v) is 7.46. The van der Waals surface area contributed by atoms with Crippen LogP contribution in [-0.4, -0.2) is 25.5 Å². The van der Waals surface area contributed by atoms with Gasteiger partial charge in [-0.15, -0.1) is 12.4 Å². The third kappa shape index (κ3) is 4.45. The number of nitrogens with one attached hydrogen (secondary N) is 2. The lowest BCUT2D eigenvalue weighted by atomic mass is 9.83. The highest BCUT2D eigenvalue weighted by molar-refractivity contribution is 5.85. The number of aryl methyl sites for hydroxylation is 1. The van der Waals surface area contributed by atoms with E-state index in [0.717, 1.165) is 13.1 Å². The van der Waals surface area contributed by atoms with Crippen molar-refractivity contribution in [3.05, 3.63) is 35.4 Å². The molecule has 1 aromatic carbocycles. The minimum atomic E-state index is -0.0407. The molecule has 1 saturated heterocycles. The van der Waals surface area contributed by atoms with E-state index >= 15 is 0 Å². The van der Waals surface area contributed by atoms with Crippen LogP contribution in [-0.2, 0) is 10.2 Å². The third-order valence-electron chi connectivity index (χ3n) is 4.47. The number of hydrogen-bond donors (Lipinski definition) is 2. The monoisotopic (exact) mass is 310 g/mol. The van der Waals surface area contributed by atoms with Crippen molar-refractivity contribution in [2.75, 3.05) is 19.6 Å². The number of hydrogen-bond acceptors (Lipinski definition) is 2. The molecular formula is C17H27ClN2O. The van der Waals surface area contributed by atoms with Gasteiger partial charge in [-0.05, 0) is 31.5 Å². The Morgan fingerprint density at radius 3 is 2.38 bits per heavy atom. The first-order valence-electron chi connectivity index (χ1n) is 7.46. The summed E-state index contributed by atoms with van der Waals surface area (Å²) in [5.74, 6) is 0.777. The van der Waals surface area contributed by atoms with Crippen molar-refractivity contribution in [3.8, 4) is 0 Å². The number of halogens is 1. The maximum atomic E-state index is 12.2. The standard InChI is InChI=1S/C17H26N2O.ClH/c1-12-5-7-15(8-6-12)17(3,4)11-19-16(20)13(2)14-9-18-10-14;/h5-8,13-14,18H,9-11H2,1-4H3,(H,19,20);1H. The zero-order valence-corrected chi connectivity index (χ0v) is 14.2. The van der Waals surface area contributed by atoms with Crippen LogP contribution >= 0.6 is 12.4 Å². The van der Waals surface area contributed by atoms with Crippen LogP contribution in [0.1, 0.15) is 31.9 Å². The molecule has 4 heteroatoms. The highest BCUT2D eigenvalue weighted by Crippen LogP contribution is 2.23. The molecule has 0 spiro atoms. The van der Waals surface area contributed by atoms with Crippen molar-refractivity contribution >= 4 is 18.3 Å². The van der Waals surface area contributed by atoms with Crippen molar-refractivity contribution in [1.82, 2.24) is 10.6 Å². The van der Waals surface area contributed by atoms with Crippen LogP contribution in [0.2, 0.25) is 0 Å². The summed E-state index contributed by atoms with van der Waals surface area (Å²) in [4.78, 5) is 12.2. The first-order chi connectivity index (χ1) is 9.40. The summed E-state index contributed by atoms with van der Waals surface area (Å²) in [7, 11) is 0. The van der Waals surface area contributed by atoms with Crippen LogP contribution in [0.3, 0.4) is 0 Å². The van der Waals surface area contributed by atoms with Gasteiger partial charge in [-0.1, -0.05) is 50.6 Å². The predicted molar refractivity (Wildman–Crippen MR) is 90.0 cm³/mol. The maximum Gasteiger partial charge on any atom is 0.223 e. The molecule has 0 aromatic heterocycles. The van der Waals surface area contributed by atoms with Crippen LogP contribution in [0.4, 0.5) is 0 Å². The lowest BCUT2D eigenvalue weighted by Gasteiger charge is -2.33. The van der Waals surface area contributed by atoms with Crippen molar-refractivity contribution in [2.24, 2.45) is 11.8 Å². The minimum absolute atomic E-state index is 0. The average Bonchev–Trinajstić information content (AvgIpc) is 2.34. The quantitative estimate of drug-likeness (QED) is 0.878. The van der Waals surface area contributed by atoms with Gasteiger partial charge in [-0.25, -0.2) is 0 Å². The zero-order valence-electron chi connectivity index (χ0n) is 13.4. The molecule has 0 bridgehead atoms. The Hall–Kier alpha value is -1.06. The number of amides is 1. The summed E-state index contributed by atoms with van der Waals surface area (Å²) in [6.07, 6.45) is 0. The highest BCUT2D eigenvalue weighted by Gasteiger charge is 2.30. The second kappa shape index (κ2) is 7.28. The normalized spacial score (nSPS) is 16.6. The molecule has 0 radical (unpaired) electrons. The van der Waals surface area contributed by atoms with Crippen LogP contribution in [0.5, 0.6) is 0 Å². The molecular weight excluding hydrogens is 284 g/mol. The van der Waals surface area contributed by atoms with Gasteiger partial charge in [0.2, 0.25) is 5.91 Å². The van der Waals surface area contributed by atoms with Crippen LogP contribution < -0.4 is 10.6 Å². The summed E-state index contributed by atoms with van der Waals surface area (Å²) < 4.78 is 0. The molecule has 1 aliphatic heterocycles. The zero-order chi connectivity index (χ0) is 14.8. The highest BCUT2D eigenvalue weighted by atomic mass is 35.5. The molecule has 1 amide bonds. The molecule has 1 aliphatic rings. The maximum absolute atomic E-state index is 12.2. The molecule has 1 aromatic rings. The summed E-state index contributed by atoms with van der Waals surface area (Å²) >= 11 is 0. The van der Waals surface area contributed by atoms with Crippen LogP contribution in [0, 0.1) is 18.8 Å². The fourth-order valence-electron chi connectivity index (χ4n) is 2.45. The van der Waals surface area contributed by atoms with Gasteiger partial charge < -0.3 is 10.6 Å². The number of rotatable bonds is 5. The van der Waals surface area contributed by atoms with Crippen LogP contribution in [0.15, 0.2) is 24.3 Å². The Balaban J connectivity index is 0.00000220. The van der Waals surface area contributed by atoms with E-state index in [4.69, 9.17) is 0 Å². The Labute approximate surface area is 134 Å². The lowest BCUT2D eigenvalue weighted by molar-refractivity contribution is -0.126. The molecule has 1 fully saturated rings. The summed E-state index contributed by atoms with van der Waals surface area (Å²) in [6, 6.07) is 8.56. The van der Waals surface area contributed by atoms with E-state index in [1.54, 1.807) is 0 Å². The van der Waals surface area contributed by atoms with Crippen molar-refractivity contribution in [1.29, 1.82) is 0 Å². The van der Waals surface area contributed by atoms with Crippen molar-refractivity contribution < 1.29 is 4.79 Å². The van der Waals surface area contributed by atoms with Gasteiger partial charge in [-0.3, -0.25) is 4.79 Å². The Kier molecular flexibility index (Phi) is 6.24. The van der Waals surface area contributed by atoms with E-state index in [9.17, 15) is 4.79 Å². The second-order valence-corrected chi connectivity index (χ2v) is 6.67. The fourth-order valence-corrected chi connectivity index (χ4v) is 2.45. The molecule has 2 N–H and O–H groups in total. The second-order valence-electron chi connectivity index (χ2n) is 6.67. The molecule has 1 unspecified atom stereocenters. The topological polar surface area (TPSA) is 41.1 Å². The largest absolute Gasteiger partial charge is 0.355 e. The predicted octanol–water partition coefficient (Wildman–Crippen LogP) is 2.67. The molecule has 3 nitrogen and oxygen atoms in total. The van der Waals surface area contributed by atoms with Gasteiger partial charge >= 0.3 is 0 Å². The van der Waals surface area contributed by atoms with Gasteiger partial charge in [0.25, 0.3) is 0 Å². The van der Waals surface area contributed by atoms with E-state index in [1.165, 1.54) is 11.1 Å². The van der Waals surface area contributed by atoms with Gasteiger partial charge in [0.05, 0.1) is 0 Å². The summed E-state index contributed by atoms with van der Waals surface area (Å²) in [5.41, 5.74) is 2.49. The first kappa shape index (κ1) is 18.0. The molecule has 1 heterocycles. The number of benzene rings is 1. The molecule has 21 heavy (non-hydrogen) atoms. The van der Waals surface area contributed by atoms with Gasteiger partial charge in [-0.2, -0.15) is 0 Å². The Morgan fingerprint density at radius 1 is 1.33 bits per heavy atom. The fraction of sp³-hybridized carbons (Fsp3) is 0.588. The smallest absolute Gasteiger partial charge is 0.223 e. The molecule has 118 valence electrons.